The average molecular weight is 145 g/mol. The standard InChI is InChI=1S/C5H11N3O2/c1-8-2-5(10,3-8)4(9)7-6/h10H,2-3,6H2,1H3,(H,7,9). The molecule has 0 bridgehead atoms. The molecule has 1 rings (SSSR count). The molecule has 0 radical (unpaired) electrons. The molecule has 4 N–H and O–H groups in total. The lowest BCUT2D eigenvalue weighted by atomic mass is 9.94. The van der Waals surface area contributed by atoms with Crippen LogP contribution in [0.25, 0.3) is 0 Å². The Hall–Kier alpha value is -0.650. The zero-order valence-electron chi connectivity index (χ0n) is 5.79. The van der Waals surface area contributed by atoms with E-state index in [1.54, 1.807) is 0 Å². The third-order valence-corrected chi connectivity index (χ3v) is 1.62. The lowest BCUT2D eigenvalue weighted by Gasteiger charge is -2.42. The first-order valence-electron chi connectivity index (χ1n) is 3.00. The van der Waals surface area contributed by atoms with Gasteiger partial charge in [-0.05, 0) is 7.05 Å². The Labute approximate surface area is 58.8 Å². The number of hydrogen-bond donors (Lipinski definition) is 3. The van der Waals surface area contributed by atoms with Gasteiger partial charge in [-0.15, -0.1) is 0 Å². The van der Waals surface area contributed by atoms with E-state index >= 15 is 0 Å². The summed E-state index contributed by atoms with van der Waals surface area (Å²) in [5.41, 5.74) is 0.666. The third kappa shape index (κ3) is 0.985. The van der Waals surface area contributed by atoms with E-state index in [0.717, 1.165) is 0 Å². The summed E-state index contributed by atoms with van der Waals surface area (Å²) in [5, 5.41) is 9.32. The summed E-state index contributed by atoms with van der Waals surface area (Å²) in [6, 6.07) is 0. The Morgan fingerprint density at radius 2 is 2.30 bits per heavy atom. The van der Waals surface area contributed by atoms with Crippen LogP contribution in [-0.2, 0) is 4.79 Å². The van der Waals surface area contributed by atoms with E-state index in [9.17, 15) is 9.90 Å². The van der Waals surface area contributed by atoms with E-state index in [0.29, 0.717) is 13.1 Å². The monoisotopic (exact) mass is 145 g/mol. The minimum absolute atomic E-state index is 0.357. The van der Waals surface area contributed by atoms with Crippen molar-refractivity contribution in [3.05, 3.63) is 0 Å². The number of likely N-dealkylation sites (tertiary alicyclic amines) is 1. The van der Waals surface area contributed by atoms with Crippen LogP contribution in [0.5, 0.6) is 0 Å². The second-order valence-electron chi connectivity index (χ2n) is 2.68. The Kier molecular flexibility index (Phi) is 1.63. The van der Waals surface area contributed by atoms with Crippen molar-refractivity contribution in [2.24, 2.45) is 5.84 Å². The summed E-state index contributed by atoms with van der Waals surface area (Å²) in [5.74, 6) is 4.33. The molecule has 0 aromatic heterocycles. The molecule has 58 valence electrons. The molecule has 0 unspecified atom stereocenters. The first-order valence-corrected chi connectivity index (χ1v) is 3.00. The highest BCUT2D eigenvalue weighted by molar-refractivity contribution is 5.86. The number of aliphatic hydroxyl groups is 1. The maximum Gasteiger partial charge on any atom is 0.268 e. The predicted molar refractivity (Wildman–Crippen MR) is 34.8 cm³/mol. The van der Waals surface area contributed by atoms with Crippen molar-refractivity contribution in [1.29, 1.82) is 0 Å². The number of nitrogens with two attached hydrogens (primary N) is 1. The number of rotatable bonds is 1. The molecule has 5 heteroatoms. The topological polar surface area (TPSA) is 78.6 Å². The Morgan fingerprint density at radius 1 is 1.80 bits per heavy atom. The summed E-state index contributed by atoms with van der Waals surface area (Å²) in [4.78, 5) is 12.6. The first-order chi connectivity index (χ1) is 4.58. The smallest absolute Gasteiger partial charge is 0.268 e. The number of amides is 1. The molecular formula is C5H11N3O2. The van der Waals surface area contributed by atoms with E-state index in [4.69, 9.17) is 5.84 Å². The summed E-state index contributed by atoms with van der Waals surface area (Å²) >= 11 is 0. The van der Waals surface area contributed by atoms with Gasteiger partial charge in [0.25, 0.3) is 5.91 Å². The number of likely N-dealkylation sites (N-methyl/N-ethyl adjacent to an activating group) is 1. The van der Waals surface area contributed by atoms with Crippen LogP contribution >= 0.6 is 0 Å². The highest BCUT2D eigenvalue weighted by Crippen LogP contribution is 2.17. The van der Waals surface area contributed by atoms with Crippen molar-refractivity contribution >= 4 is 5.91 Å². The molecule has 0 aliphatic carbocycles. The van der Waals surface area contributed by atoms with Gasteiger partial charge in [0.2, 0.25) is 0 Å². The summed E-state index contributed by atoms with van der Waals surface area (Å²) in [6.45, 7) is 0.714. The van der Waals surface area contributed by atoms with Crippen molar-refractivity contribution in [2.75, 3.05) is 20.1 Å². The van der Waals surface area contributed by atoms with Crippen LogP contribution in [0, 0.1) is 0 Å². The highest BCUT2D eigenvalue weighted by atomic mass is 16.3. The SMILES string of the molecule is CN1CC(O)(C(=O)NN)C1. The molecule has 1 aliphatic heterocycles. The molecule has 1 amide bonds. The zero-order chi connectivity index (χ0) is 7.78. The van der Waals surface area contributed by atoms with Gasteiger partial charge in [-0.25, -0.2) is 5.84 Å². The van der Waals surface area contributed by atoms with Crippen LogP contribution in [-0.4, -0.2) is 41.7 Å². The van der Waals surface area contributed by atoms with Gasteiger partial charge in [-0.2, -0.15) is 0 Å². The molecular weight excluding hydrogens is 134 g/mol. The molecule has 5 nitrogen and oxygen atoms in total. The fourth-order valence-electron chi connectivity index (χ4n) is 1.12. The summed E-state index contributed by atoms with van der Waals surface area (Å²) in [6.07, 6.45) is 0. The lowest BCUT2D eigenvalue weighted by Crippen LogP contribution is -2.68. The summed E-state index contributed by atoms with van der Waals surface area (Å²) in [7, 11) is 1.82. The molecule has 0 aromatic carbocycles. The lowest BCUT2D eigenvalue weighted by molar-refractivity contribution is -0.156. The van der Waals surface area contributed by atoms with Gasteiger partial charge < -0.3 is 5.11 Å². The molecule has 0 spiro atoms. The number of β-amino-alcohol motifs (C(OH)–C–C–N with tert-alkyl or cyclic N) is 1. The van der Waals surface area contributed by atoms with Crippen LogP contribution < -0.4 is 11.3 Å². The quantitative estimate of drug-likeness (QED) is 0.219. The fraction of sp³-hybridized carbons (Fsp3) is 0.800. The van der Waals surface area contributed by atoms with Crippen molar-refractivity contribution in [1.82, 2.24) is 10.3 Å². The van der Waals surface area contributed by atoms with Gasteiger partial charge in [-0.3, -0.25) is 15.1 Å². The van der Waals surface area contributed by atoms with Gasteiger partial charge in [0, 0.05) is 13.1 Å². The summed E-state index contributed by atoms with van der Waals surface area (Å²) < 4.78 is 0. The van der Waals surface area contributed by atoms with Gasteiger partial charge >= 0.3 is 0 Å². The van der Waals surface area contributed by atoms with Crippen LogP contribution in [0.4, 0.5) is 0 Å². The number of carbonyl (C=O) groups is 1. The molecule has 0 aromatic rings. The van der Waals surface area contributed by atoms with Gasteiger partial charge in [0.05, 0.1) is 0 Å². The van der Waals surface area contributed by atoms with Crippen LogP contribution in [0.1, 0.15) is 0 Å². The fourth-order valence-corrected chi connectivity index (χ4v) is 1.12. The number of nitrogens with zero attached hydrogens (tertiary/aromatic N) is 1. The van der Waals surface area contributed by atoms with Gasteiger partial charge in [0.15, 0.2) is 5.60 Å². The maximum atomic E-state index is 10.7. The molecule has 1 heterocycles. The molecule has 0 atom stereocenters. The number of carbonyl (C=O) groups excluding carboxylic acids is 1. The zero-order valence-corrected chi connectivity index (χ0v) is 5.79. The minimum atomic E-state index is -1.25. The molecule has 0 saturated carbocycles. The van der Waals surface area contributed by atoms with Crippen molar-refractivity contribution in [2.45, 2.75) is 5.60 Å². The normalized spacial score (nSPS) is 23.5. The average Bonchev–Trinajstić information content (AvgIpc) is 1.83. The second-order valence-corrected chi connectivity index (χ2v) is 2.68. The van der Waals surface area contributed by atoms with E-state index in [1.165, 1.54) is 0 Å². The maximum absolute atomic E-state index is 10.7. The van der Waals surface area contributed by atoms with Crippen LogP contribution in [0.2, 0.25) is 0 Å². The van der Waals surface area contributed by atoms with Crippen molar-refractivity contribution < 1.29 is 9.90 Å². The van der Waals surface area contributed by atoms with Gasteiger partial charge in [0.1, 0.15) is 0 Å². The minimum Gasteiger partial charge on any atom is -0.377 e. The Balaban J connectivity index is 2.48. The van der Waals surface area contributed by atoms with Crippen LogP contribution in [0.15, 0.2) is 0 Å². The largest absolute Gasteiger partial charge is 0.377 e. The highest BCUT2D eigenvalue weighted by Gasteiger charge is 2.45. The number of nitrogens with one attached hydrogen (secondary N) is 1. The third-order valence-electron chi connectivity index (χ3n) is 1.62. The van der Waals surface area contributed by atoms with E-state index in [-0.39, 0.29) is 0 Å². The second kappa shape index (κ2) is 2.19. The number of hydrazine groups is 1. The Morgan fingerprint density at radius 3 is 2.60 bits per heavy atom. The van der Waals surface area contributed by atoms with E-state index < -0.39 is 11.5 Å². The number of hydrogen-bond acceptors (Lipinski definition) is 4. The molecule has 1 aliphatic rings. The molecule has 10 heavy (non-hydrogen) atoms. The van der Waals surface area contributed by atoms with Crippen LogP contribution in [0.3, 0.4) is 0 Å². The molecule has 1 saturated heterocycles. The molecule has 1 fully saturated rings. The first kappa shape index (κ1) is 7.46. The van der Waals surface area contributed by atoms with E-state index in [2.05, 4.69) is 0 Å². The van der Waals surface area contributed by atoms with E-state index in [1.807, 2.05) is 17.4 Å². The van der Waals surface area contributed by atoms with Crippen molar-refractivity contribution in [3.63, 3.8) is 0 Å². The van der Waals surface area contributed by atoms with Crippen molar-refractivity contribution in [3.8, 4) is 0 Å². The Bertz CT molecular complexity index is 153. The van der Waals surface area contributed by atoms with Gasteiger partial charge in [-0.1, -0.05) is 0 Å². The predicted octanol–water partition coefficient (Wildman–Crippen LogP) is -2.35.